The molecule has 3 aromatic rings. The van der Waals surface area contributed by atoms with Gasteiger partial charge in [0, 0.05) is 17.2 Å². The van der Waals surface area contributed by atoms with Gasteiger partial charge in [-0.25, -0.2) is 9.18 Å². The summed E-state index contributed by atoms with van der Waals surface area (Å²) in [5.41, 5.74) is 3.11. The summed E-state index contributed by atoms with van der Waals surface area (Å²) < 4.78 is 30.5. The van der Waals surface area contributed by atoms with Crippen molar-refractivity contribution in [1.29, 1.82) is 0 Å². The fourth-order valence-corrected chi connectivity index (χ4v) is 4.68. The molecule has 1 aliphatic carbocycles. The maximum atomic E-state index is 13.6. The van der Waals surface area contributed by atoms with E-state index in [-0.39, 0.29) is 18.6 Å². The molecular formula is C31H28FNO7. The summed E-state index contributed by atoms with van der Waals surface area (Å²) in [5, 5.41) is 25.4. The minimum Gasteiger partial charge on any atom is -0.478 e. The molecular weight excluding hydrogens is 517 g/mol. The average molecular weight is 546 g/mol. The lowest BCUT2D eigenvalue weighted by molar-refractivity contribution is -0.190. The highest BCUT2D eigenvalue weighted by Crippen LogP contribution is 2.28. The van der Waals surface area contributed by atoms with Crippen LogP contribution in [0.15, 0.2) is 83.0 Å². The first-order valence-corrected chi connectivity index (χ1v) is 12.7. The molecule has 8 nitrogen and oxygen atoms in total. The Bertz CT molecular complexity index is 1610. The molecule has 1 aliphatic heterocycles. The van der Waals surface area contributed by atoms with Crippen LogP contribution in [0.2, 0.25) is 0 Å². The number of aliphatic hydroxyl groups excluding tert-OH is 1. The van der Waals surface area contributed by atoms with Gasteiger partial charge in [0.2, 0.25) is 0 Å². The van der Waals surface area contributed by atoms with Crippen LogP contribution < -0.4 is 15.2 Å². The highest BCUT2D eigenvalue weighted by molar-refractivity contribution is 5.96. The molecule has 40 heavy (non-hydrogen) atoms. The molecule has 9 heteroatoms. The van der Waals surface area contributed by atoms with Gasteiger partial charge in [0.15, 0.2) is 5.79 Å². The van der Waals surface area contributed by atoms with Crippen LogP contribution in [0, 0.1) is 5.82 Å². The zero-order chi connectivity index (χ0) is 28.3. The third-order valence-corrected chi connectivity index (χ3v) is 6.53. The largest absolute Gasteiger partial charge is 0.478 e. The number of rotatable bonds is 8. The zero-order valence-electron chi connectivity index (χ0n) is 22.0. The molecule has 0 amide bonds. The van der Waals surface area contributed by atoms with E-state index in [0.717, 1.165) is 21.6 Å². The maximum Gasteiger partial charge on any atom is 0.332 e. The van der Waals surface area contributed by atoms with Crippen LogP contribution in [-0.4, -0.2) is 47.7 Å². The van der Waals surface area contributed by atoms with Crippen LogP contribution in [0.3, 0.4) is 0 Å². The number of carbonyl (C=O) groups is 1. The van der Waals surface area contributed by atoms with Gasteiger partial charge in [0.25, 0.3) is 6.29 Å². The number of aliphatic carboxylic acids is 1. The maximum absolute atomic E-state index is 13.6. The third-order valence-electron chi connectivity index (χ3n) is 6.53. The van der Waals surface area contributed by atoms with Crippen molar-refractivity contribution in [3.8, 4) is 5.75 Å². The van der Waals surface area contributed by atoms with Crippen molar-refractivity contribution >= 4 is 24.0 Å². The Balaban J connectivity index is 1.40. The van der Waals surface area contributed by atoms with E-state index in [1.54, 1.807) is 50.6 Å². The van der Waals surface area contributed by atoms with Crippen LogP contribution in [0.4, 0.5) is 4.39 Å². The molecule has 2 aliphatic rings. The first-order chi connectivity index (χ1) is 19.2. The minimum absolute atomic E-state index is 0.0970. The Labute approximate surface area is 229 Å². The van der Waals surface area contributed by atoms with Crippen molar-refractivity contribution in [3.63, 3.8) is 0 Å². The van der Waals surface area contributed by atoms with E-state index in [1.165, 1.54) is 12.1 Å². The van der Waals surface area contributed by atoms with Gasteiger partial charge in [-0.05, 0) is 77.2 Å². The predicted octanol–water partition coefficient (Wildman–Crippen LogP) is 3.23. The van der Waals surface area contributed by atoms with E-state index in [1.807, 2.05) is 30.3 Å². The van der Waals surface area contributed by atoms with Crippen LogP contribution in [0.1, 0.15) is 30.5 Å². The fraction of sp³-hybridized carbons (Fsp3) is 0.226. The molecule has 0 unspecified atom stereocenters. The minimum atomic E-state index is -1.11. The highest BCUT2D eigenvalue weighted by Gasteiger charge is 2.34. The number of hydrogen-bond donors (Lipinski definition) is 2. The van der Waals surface area contributed by atoms with E-state index in [4.69, 9.17) is 19.0 Å². The molecule has 206 valence electrons. The van der Waals surface area contributed by atoms with Gasteiger partial charge in [0.1, 0.15) is 18.2 Å². The van der Waals surface area contributed by atoms with Gasteiger partial charge in [-0.2, -0.15) is 0 Å². The number of hydrogen-bond acceptors (Lipinski definition) is 7. The van der Waals surface area contributed by atoms with Crippen molar-refractivity contribution in [2.45, 2.75) is 32.3 Å². The Morgan fingerprint density at radius 2 is 1.95 bits per heavy atom. The van der Waals surface area contributed by atoms with Gasteiger partial charge < -0.3 is 29.3 Å². The summed E-state index contributed by atoms with van der Waals surface area (Å²) in [6, 6.07) is 18.6. The molecule has 0 spiro atoms. The molecule has 0 bridgehead atoms. The Hall–Kier alpha value is -4.31. The summed E-state index contributed by atoms with van der Waals surface area (Å²) in [6.45, 7) is 3.44. The fourth-order valence-electron chi connectivity index (χ4n) is 4.68. The first-order valence-electron chi connectivity index (χ1n) is 12.7. The molecule has 1 fully saturated rings. The molecule has 3 aromatic carbocycles. The van der Waals surface area contributed by atoms with E-state index >= 15 is 0 Å². The smallest absolute Gasteiger partial charge is 0.332 e. The Kier molecular flexibility index (Phi) is 7.79. The molecule has 1 atom stereocenters. The standard InChI is InChI=1S/C31H28FNO7/c1-31(2)38-18-28(39-31)40-33-15-19-4-3-5-24(13-19)37-17-20-6-11-25-22(12-20)14-26(30(35)36)27(16-34)29(25)21-7-9-23(32)10-8-21/h3-13,15,17,28,34H,14,16,18H2,1-2H3,(H,35,36)/b20-17-,33-15?/t28-/m0/s1. The van der Waals surface area contributed by atoms with E-state index in [2.05, 4.69) is 5.16 Å². The van der Waals surface area contributed by atoms with E-state index in [0.29, 0.717) is 22.5 Å². The number of nitrogens with zero attached hydrogens (tertiary/aromatic N) is 1. The second kappa shape index (κ2) is 11.4. The predicted molar refractivity (Wildman–Crippen MR) is 145 cm³/mol. The summed E-state index contributed by atoms with van der Waals surface area (Å²) in [6.07, 6.45) is 2.67. The number of carboxylic acids is 1. The Morgan fingerprint density at radius 3 is 2.65 bits per heavy atom. The number of oxime groups is 1. The van der Waals surface area contributed by atoms with Crippen molar-refractivity contribution in [1.82, 2.24) is 0 Å². The van der Waals surface area contributed by atoms with Gasteiger partial charge >= 0.3 is 5.97 Å². The number of fused-ring (bicyclic) bond motifs is 1. The molecule has 5 rings (SSSR count). The Morgan fingerprint density at radius 1 is 1.15 bits per heavy atom. The van der Waals surface area contributed by atoms with Gasteiger partial charge in [-0.3, -0.25) is 0 Å². The highest BCUT2D eigenvalue weighted by atomic mass is 19.1. The van der Waals surface area contributed by atoms with Crippen molar-refractivity contribution < 1.29 is 38.4 Å². The van der Waals surface area contributed by atoms with Gasteiger partial charge in [-0.15, -0.1) is 0 Å². The molecule has 0 radical (unpaired) electrons. The SMILES string of the molecule is CC1(C)OC[C@H](ON=Cc2cccc(O/C=c3/ccc4c(c3)CC(C(=O)O)=C(CO)C=4c3ccc(F)cc3)c2)O1. The van der Waals surface area contributed by atoms with Crippen LogP contribution >= 0.6 is 0 Å². The van der Waals surface area contributed by atoms with Crippen LogP contribution in [0.5, 0.6) is 5.75 Å². The summed E-state index contributed by atoms with van der Waals surface area (Å²) >= 11 is 0. The molecule has 0 saturated carbocycles. The number of carboxylic acid groups (broad SMARTS) is 1. The number of halogens is 1. The number of ether oxygens (including phenoxy) is 3. The first kappa shape index (κ1) is 27.3. The van der Waals surface area contributed by atoms with E-state index in [9.17, 15) is 19.4 Å². The average Bonchev–Trinajstić information content (AvgIpc) is 3.29. The second-order valence-electron chi connectivity index (χ2n) is 9.80. The molecule has 1 heterocycles. The molecule has 1 saturated heterocycles. The summed E-state index contributed by atoms with van der Waals surface area (Å²) in [7, 11) is 0. The summed E-state index contributed by atoms with van der Waals surface area (Å²) in [5.74, 6) is -1.65. The quantitative estimate of drug-likeness (QED) is 0.331. The third kappa shape index (κ3) is 6.12. The van der Waals surface area contributed by atoms with Crippen LogP contribution in [0.25, 0.3) is 11.8 Å². The van der Waals surface area contributed by atoms with Crippen LogP contribution in [-0.2, 0) is 25.5 Å². The summed E-state index contributed by atoms with van der Waals surface area (Å²) in [4.78, 5) is 17.4. The van der Waals surface area contributed by atoms with Gasteiger partial charge in [0.05, 0.1) is 19.1 Å². The van der Waals surface area contributed by atoms with Crippen molar-refractivity contribution in [3.05, 3.63) is 111 Å². The van der Waals surface area contributed by atoms with E-state index < -0.39 is 30.5 Å². The number of benzene rings is 3. The lowest BCUT2D eigenvalue weighted by Gasteiger charge is -2.21. The zero-order valence-corrected chi connectivity index (χ0v) is 22.0. The van der Waals surface area contributed by atoms with Crippen molar-refractivity contribution in [2.75, 3.05) is 13.2 Å². The number of aliphatic hydroxyl groups is 1. The molecule has 2 N–H and O–H groups in total. The molecule has 0 aromatic heterocycles. The lowest BCUT2D eigenvalue weighted by atomic mass is 9.83. The normalized spacial score (nSPS) is 18.8. The monoisotopic (exact) mass is 545 g/mol. The topological polar surface area (TPSA) is 107 Å². The van der Waals surface area contributed by atoms with Gasteiger partial charge in [-0.1, -0.05) is 41.6 Å². The second-order valence-corrected chi connectivity index (χ2v) is 9.80. The lowest BCUT2D eigenvalue weighted by Crippen LogP contribution is -2.27. The van der Waals surface area contributed by atoms with Crippen molar-refractivity contribution in [2.24, 2.45) is 5.16 Å².